The number of nitrogens with two attached hydrogens (primary N) is 1. The normalized spacial score (nSPS) is 21.2. The Morgan fingerprint density at radius 2 is 2.09 bits per heavy atom. The summed E-state index contributed by atoms with van der Waals surface area (Å²) >= 11 is 1.06. The highest BCUT2D eigenvalue weighted by Crippen LogP contribution is 2.49. The lowest BCUT2D eigenvalue weighted by atomic mass is 10.1. The maximum absolute atomic E-state index is 13.8. The quantitative estimate of drug-likeness (QED) is 0.505. The number of likely N-dealkylation sites (tertiary alicyclic amines) is 1. The van der Waals surface area contributed by atoms with Crippen molar-refractivity contribution in [3.63, 3.8) is 0 Å². The van der Waals surface area contributed by atoms with E-state index in [4.69, 9.17) is 5.73 Å². The summed E-state index contributed by atoms with van der Waals surface area (Å²) in [7, 11) is 0. The lowest BCUT2D eigenvalue weighted by Crippen LogP contribution is -2.45. The molecule has 0 bridgehead atoms. The van der Waals surface area contributed by atoms with Gasteiger partial charge in [-0.2, -0.15) is 13.2 Å². The summed E-state index contributed by atoms with van der Waals surface area (Å²) in [5, 5.41) is 5.90. The zero-order chi connectivity index (χ0) is 25.1. The highest BCUT2D eigenvalue weighted by Gasteiger charge is 2.54. The molecular weight excluding hydrogens is 490 g/mol. The molecule has 2 amide bonds. The summed E-state index contributed by atoms with van der Waals surface area (Å²) in [4.78, 5) is 32.3. The molecule has 1 saturated heterocycles. The number of fused-ring (bicyclic) bond motifs is 1. The molecule has 2 aromatic heterocycles. The van der Waals surface area contributed by atoms with Crippen molar-refractivity contribution >= 4 is 28.3 Å². The molecule has 2 aliphatic rings. The highest BCUT2D eigenvalue weighted by molar-refractivity contribution is 7.19. The van der Waals surface area contributed by atoms with Gasteiger partial charge in [-0.3, -0.25) is 9.59 Å². The van der Waals surface area contributed by atoms with Crippen molar-refractivity contribution in [2.75, 3.05) is 12.3 Å². The van der Waals surface area contributed by atoms with Gasteiger partial charge in [0.2, 0.25) is 0 Å². The van der Waals surface area contributed by atoms with Crippen molar-refractivity contribution in [3.8, 4) is 10.4 Å². The van der Waals surface area contributed by atoms with Crippen LogP contribution in [0.5, 0.6) is 0 Å². The Balaban J connectivity index is 1.36. The summed E-state index contributed by atoms with van der Waals surface area (Å²) in [6.07, 6.45) is -3.50. The number of nitrogen functional groups attached to an aromatic ring is 1. The second-order valence-corrected chi connectivity index (χ2v) is 9.62. The van der Waals surface area contributed by atoms with Crippen LogP contribution in [-0.4, -0.2) is 45.5 Å². The number of carbonyl (C=O) groups is 2. The van der Waals surface area contributed by atoms with Crippen LogP contribution in [0, 0.1) is 18.7 Å². The van der Waals surface area contributed by atoms with E-state index in [0.29, 0.717) is 16.9 Å². The standard InChI is InChI=1S/C22H19F4N5O3S/c1-9-15(18(34-30-9)22(24,25)26)19(32)28-8-13-6-11-7-14(11)31(13)20(33)16-17(35-21(27)29-16)10-3-2-4-12(23)5-10/h2-5,11,13-14H,6-8H2,1H3,(H2,27,29)(H,28,32)/t11?,13-,14?/m0/s1. The van der Waals surface area contributed by atoms with E-state index in [-0.39, 0.29) is 35.0 Å². The van der Waals surface area contributed by atoms with Gasteiger partial charge in [-0.05, 0) is 43.4 Å². The average molecular weight is 509 g/mol. The molecule has 2 unspecified atom stereocenters. The number of anilines is 1. The number of nitrogens with one attached hydrogen (secondary N) is 1. The molecule has 35 heavy (non-hydrogen) atoms. The number of hydrogen-bond donors (Lipinski definition) is 2. The van der Waals surface area contributed by atoms with Crippen molar-refractivity contribution in [3.05, 3.63) is 52.8 Å². The molecule has 2 fully saturated rings. The van der Waals surface area contributed by atoms with E-state index in [1.165, 1.54) is 25.1 Å². The van der Waals surface area contributed by atoms with Gasteiger partial charge in [0, 0.05) is 12.6 Å². The third-order valence-corrected chi connectivity index (χ3v) is 7.16. The van der Waals surface area contributed by atoms with Crippen LogP contribution in [0.4, 0.5) is 22.7 Å². The summed E-state index contributed by atoms with van der Waals surface area (Å²) < 4.78 is 57.6. The van der Waals surface area contributed by atoms with Gasteiger partial charge in [-0.25, -0.2) is 9.37 Å². The number of carbonyl (C=O) groups excluding carboxylic acids is 2. The molecule has 8 nitrogen and oxygen atoms in total. The van der Waals surface area contributed by atoms with Crippen molar-refractivity contribution in [2.24, 2.45) is 5.92 Å². The molecular formula is C22H19F4N5O3S. The van der Waals surface area contributed by atoms with Crippen molar-refractivity contribution in [1.82, 2.24) is 20.4 Å². The minimum Gasteiger partial charge on any atom is -0.375 e. The SMILES string of the molecule is Cc1noc(C(F)(F)F)c1C(=O)NC[C@@H]1CC2CC2N1C(=O)c1nc(N)sc1-c1cccc(F)c1. The first-order valence-corrected chi connectivity index (χ1v) is 11.5. The van der Waals surface area contributed by atoms with E-state index in [2.05, 4.69) is 20.0 Å². The number of piperidine rings is 1. The van der Waals surface area contributed by atoms with Crippen LogP contribution in [0.3, 0.4) is 0 Å². The van der Waals surface area contributed by atoms with E-state index in [0.717, 1.165) is 17.8 Å². The summed E-state index contributed by atoms with van der Waals surface area (Å²) in [5.41, 5.74) is 5.54. The van der Waals surface area contributed by atoms with Gasteiger partial charge in [-0.15, -0.1) is 0 Å². The zero-order valence-corrected chi connectivity index (χ0v) is 19.0. The first-order valence-electron chi connectivity index (χ1n) is 10.7. The van der Waals surface area contributed by atoms with Gasteiger partial charge < -0.3 is 20.5 Å². The van der Waals surface area contributed by atoms with Crippen LogP contribution in [0.15, 0.2) is 28.8 Å². The lowest BCUT2D eigenvalue weighted by molar-refractivity contribution is -0.155. The Bertz CT molecular complexity index is 1320. The number of aryl methyl sites for hydroxylation is 1. The molecule has 3 aromatic rings. The number of alkyl halides is 3. The van der Waals surface area contributed by atoms with E-state index >= 15 is 0 Å². The fourth-order valence-corrected chi connectivity index (χ4v) is 5.44. The van der Waals surface area contributed by atoms with E-state index in [1.54, 1.807) is 11.0 Å². The summed E-state index contributed by atoms with van der Waals surface area (Å²) in [6.45, 7) is 1.18. The van der Waals surface area contributed by atoms with Crippen LogP contribution in [-0.2, 0) is 6.18 Å². The number of rotatable bonds is 5. The minimum absolute atomic E-state index is 0.0595. The Kier molecular flexibility index (Phi) is 5.54. The molecule has 1 aliphatic carbocycles. The molecule has 184 valence electrons. The number of hydrogen-bond acceptors (Lipinski definition) is 7. The van der Waals surface area contributed by atoms with Gasteiger partial charge >= 0.3 is 6.18 Å². The van der Waals surface area contributed by atoms with Crippen LogP contribution < -0.4 is 11.1 Å². The fourth-order valence-electron chi connectivity index (χ4n) is 4.62. The molecule has 1 aliphatic heterocycles. The first kappa shape index (κ1) is 23.3. The van der Waals surface area contributed by atoms with Crippen LogP contribution in [0.1, 0.15) is 45.1 Å². The van der Waals surface area contributed by atoms with Gasteiger partial charge in [0.25, 0.3) is 17.6 Å². The van der Waals surface area contributed by atoms with Crippen LogP contribution >= 0.6 is 11.3 Å². The van der Waals surface area contributed by atoms with Gasteiger partial charge in [-0.1, -0.05) is 28.6 Å². The molecule has 13 heteroatoms. The topological polar surface area (TPSA) is 114 Å². The second-order valence-electron chi connectivity index (χ2n) is 8.59. The van der Waals surface area contributed by atoms with Gasteiger partial charge in [0.1, 0.15) is 17.1 Å². The molecule has 1 aromatic carbocycles. The number of halogens is 4. The van der Waals surface area contributed by atoms with Crippen LogP contribution in [0.25, 0.3) is 10.4 Å². The first-order chi connectivity index (χ1) is 16.5. The number of benzene rings is 1. The van der Waals surface area contributed by atoms with Crippen molar-refractivity contribution in [2.45, 2.75) is 38.0 Å². The summed E-state index contributed by atoms with van der Waals surface area (Å²) in [6, 6.07) is 5.22. The smallest absolute Gasteiger partial charge is 0.375 e. The van der Waals surface area contributed by atoms with E-state index in [9.17, 15) is 27.2 Å². The molecule has 0 spiro atoms. The Hall–Kier alpha value is -3.48. The maximum atomic E-state index is 13.8. The number of nitrogens with zero attached hydrogens (tertiary/aromatic N) is 3. The molecule has 0 radical (unpaired) electrons. The highest BCUT2D eigenvalue weighted by atomic mass is 32.1. The Morgan fingerprint density at radius 1 is 1.31 bits per heavy atom. The van der Waals surface area contributed by atoms with Crippen molar-refractivity contribution < 1.29 is 31.7 Å². The monoisotopic (exact) mass is 509 g/mol. The van der Waals surface area contributed by atoms with E-state index < -0.39 is 41.2 Å². The molecule has 3 heterocycles. The van der Waals surface area contributed by atoms with Gasteiger partial charge in [0.15, 0.2) is 5.13 Å². The second kappa shape index (κ2) is 8.33. The van der Waals surface area contributed by atoms with E-state index in [1.807, 2.05) is 0 Å². The zero-order valence-electron chi connectivity index (χ0n) is 18.2. The average Bonchev–Trinajstić information content (AvgIpc) is 3.10. The largest absolute Gasteiger partial charge is 0.453 e. The maximum Gasteiger partial charge on any atom is 0.453 e. The molecule has 3 atom stereocenters. The Morgan fingerprint density at radius 3 is 2.80 bits per heavy atom. The number of thiazole rings is 1. The third-order valence-electron chi connectivity index (χ3n) is 6.22. The predicted octanol–water partition coefficient (Wildman–Crippen LogP) is 3.88. The van der Waals surface area contributed by atoms with Crippen molar-refractivity contribution in [1.29, 1.82) is 0 Å². The molecule has 5 rings (SSSR count). The molecule has 3 N–H and O–H groups in total. The Labute approximate surface area is 200 Å². The van der Waals surface area contributed by atoms with Gasteiger partial charge in [0.05, 0.1) is 16.6 Å². The summed E-state index contributed by atoms with van der Waals surface area (Å²) in [5.74, 6) is -3.11. The lowest BCUT2D eigenvalue weighted by Gasteiger charge is -2.27. The molecule has 1 saturated carbocycles. The fraction of sp³-hybridized carbons (Fsp3) is 0.364. The third kappa shape index (κ3) is 4.24. The number of amides is 2. The van der Waals surface area contributed by atoms with Crippen LogP contribution in [0.2, 0.25) is 0 Å². The minimum atomic E-state index is -4.87. The predicted molar refractivity (Wildman–Crippen MR) is 117 cm³/mol. The number of aromatic nitrogens is 2.